The van der Waals surface area contributed by atoms with Crippen LogP contribution in [0.4, 0.5) is 4.79 Å². The Morgan fingerprint density at radius 1 is 1.21 bits per heavy atom. The van der Waals surface area contributed by atoms with Crippen LogP contribution < -0.4 is 10.6 Å². The lowest BCUT2D eigenvalue weighted by Gasteiger charge is -2.33. The highest BCUT2D eigenvalue weighted by molar-refractivity contribution is 5.75. The summed E-state index contributed by atoms with van der Waals surface area (Å²) in [5.41, 5.74) is 2.15. The Hall–Kier alpha value is -2.44. The average Bonchev–Trinajstić information content (AvgIpc) is 2.91. The molecule has 0 bridgehead atoms. The molecule has 0 saturated carbocycles. The van der Waals surface area contributed by atoms with Crippen LogP contribution in [-0.2, 0) is 7.05 Å². The average molecular weight is 330 g/mol. The van der Waals surface area contributed by atoms with Gasteiger partial charge in [-0.05, 0) is 40.8 Å². The van der Waals surface area contributed by atoms with Crippen LogP contribution in [-0.4, -0.2) is 26.2 Å². The van der Waals surface area contributed by atoms with Crippen molar-refractivity contribution in [2.45, 2.75) is 46.7 Å². The number of hydrogen-bond donors (Lipinski definition) is 2. The predicted molar refractivity (Wildman–Crippen MR) is 92.3 cm³/mol. The van der Waals surface area contributed by atoms with Crippen LogP contribution in [0.25, 0.3) is 0 Å². The molecule has 2 aromatic rings. The van der Waals surface area contributed by atoms with Crippen molar-refractivity contribution < 1.29 is 4.79 Å². The van der Waals surface area contributed by atoms with Crippen LogP contribution in [0.1, 0.15) is 56.7 Å². The summed E-state index contributed by atoms with van der Waals surface area (Å²) in [6.45, 7) is 10.2. The molecule has 0 spiro atoms. The third-order valence-electron chi connectivity index (χ3n) is 4.03. The second-order valence-corrected chi connectivity index (χ2v) is 7.16. The molecule has 7 nitrogen and oxygen atoms in total. The van der Waals surface area contributed by atoms with Crippen molar-refractivity contribution in [3.63, 3.8) is 0 Å². The molecule has 1 aromatic heterocycles. The summed E-state index contributed by atoms with van der Waals surface area (Å²) in [4.78, 5) is 12.5. The highest BCUT2D eigenvalue weighted by Crippen LogP contribution is 2.34. The van der Waals surface area contributed by atoms with E-state index in [9.17, 15) is 4.79 Å². The fourth-order valence-electron chi connectivity index (χ4n) is 2.71. The molecule has 0 saturated heterocycles. The first-order valence-corrected chi connectivity index (χ1v) is 8.05. The molecule has 1 aromatic carbocycles. The van der Waals surface area contributed by atoms with Crippen LogP contribution in [0.5, 0.6) is 0 Å². The van der Waals surface area contributed by atoms with E-state index in [1.807, 2.05) is 19.1 Å². The zero-order chi connectivity index (χ0) is 17.9. The SMILES string of the molecule is Cc1ccccc1[C@@H](NC(=O)N[C@@H](C)c1nnnn1C)C(C)(C)C. The fraction of sp³-hybridized carbons (Fsp3) is 0.529. The third kappa shape index (κ3) is 4.10. The van der Waals surface area contributed by atoms with E-state index in [4.69, 9.17) is 0 Å². The van der Waals surface area contributed by atoms with E-state index in [1.165, 1.54) is 0 Å². The summed E-state index contributed by atoms with van der Waals surface area (Å²) in [6.07, 6.45) is 0. The van der Waals surface area contributed by atoms with Crippen molar-refractivity contribution in [1.29, 1.82) is 0 Å². The van der Waals surface area contributed by atoms with Crippen molar-refractivity contribution in [2.24, 2.45) is 12.5 Å². The maximum absolute atomic E-state index is 12.5. The fourth-order valence-corrected chi connectivity index (χ4v) is 2.71. The van der Waals surface area contributed by atoms with Gasteiger partial charge >= 0.3 is 6.03 Å². The van der Waals surface area contributed by atoms with Gasteiger partial charge < -0.3 is 10.6 Å². The summed E-state index contributed by atoms with van der Waals surface area (Å²) in [5.74, 6) is 0.605. The molecule has 0 aliphatic heterocycles. The van der Waals surface area contributed by atoms with Crippen LogP contribution in [0.15, 0.2) is 24.3 Å². The van der Waals surface area contributed by atoms with Crippen molar-refractivity contribution in [3.05, 3.63) is 41.2 Å². The van der Waals surface area contributed by atoms with Gasteiger partial charge in [0.05, 0.1) is 12.1 Å². The molecule has 2 amide bonds. The summed E-state index contributed by atoms with van der Waals surface area (Å²) in [5, 5.41) is 17.3. The van der Waals surface area contributed by atoms with E-state index < -0.39 is 0 Å². The van der Waals surface area contributed by atoms with E-state index >= 15 is 0 Å². The second kappa shape index (κ2) is 6.98. The largest absolute Gasteiger partial charge is 0.331 e. The smallest absolute Gasteiger partial charge is 0.315 e. The van der Waals surface area contributed by atoms with Gasteiger partial charge in [0.15, 0.2) is 5.82 Å². The van der Waals surface area contributed by atoms with Gasteiger partial charge in [-0.25, -0.2) is 9.48 Å². The summed E-state index contributed by atoms with van der Waals surface area (Å²) in [6, 6.07) is 7.47. The molecule has 0 radical (unpaired) electrons. The Labute approximate surface area is 142 Å². The molecule has 0 unspecified atom stereocenters. The number of benzene rings is 1. The van der Waals surface area contributed by atoms with Crippen molar-refractivity contribution in [1.82, 2.24) is 30.8 Å². The minimum atomic E-state index is -0.289. The highest BCUT2D eigenvalue weighted by Gasteiger charge is 2.29. The summed E-state index contributed by atoms with van der Waals surface area (Å²) in [7, 11) is 1.75. The number of urea groups is 1. The standard InChI is InChI=1S/C17H26N6O/c1-11-9-7-8-10-13(11)14(17(3,4)5)19-16(24)18-12(2)15-20-21-22-23(15)6/h7-10,12,14H,1-6H3,(H2,18,19,24)/t12-,14+/m0/s1. The van der Waals surface area contributed by atoms with Crippen LogP contribution in [0.3, 0.4) is 0 Å². The van der Waals surface area contributed by atoms with E-state index in [0.29, 0.717) is 5.82 Å². The summed E-state index contributed by atoms with van der Waals surface area (Å²) < 4.78 is 1.55. The molecule has 24 heavy (non-hydrogen) atoms. The lowest BCUT2D eigenvalue weighted by molar-refractivity contribution is 0.215. The van der Waals surface area contributed by atoms with Gasteiger partial charge in [-0.15, -0.1) is 5.10 Å². The normalized spacial score (nSPS) is 14.1. The molecular weight excluding hydrogens is 304 g/mol. The first-order chi connectivity index (χ1) is 11.2. The molecule has 0 aliphatic carbocycles. The number of carbonyl (C=O) groups excluding carboxylic acids is 1. The number of tetrazole rings is 1. The number of aryl methyl sites for hydroxylation is 2. The molecule has 1 heterocycles. The lowest BCUT2D eigenvalue weighted by Crippen LogP contribution is -2.44. The Kier molecular flexibility index (Phi) is 5.21. The Balaban J connectivity index is 2.14. The minimum absolute atomic E-state index is 0.108. The number of rotatable bonds is 4. The van der Waals surface area contributed by atoms with Gasteiger partial charge in [-0.2, -0.15) is 0 Å². The molecule has 0 aliphatic rings. The van der Waals surface area contributed by atoms with E-state index in [2.05, 4.69) is 66.0 Å². The Morgan fingerprint density at radius 3 is 2.42 bits per heavy atom. The van der Waals surface area contributed by atoms with Gasteiger partial charge in [0.25, 0.3) is 0 Å². The van der Waals surface area contributed by atoms with Crippen LogP contribution >= 0.6 is 0 Å². The first kappa shape index (κ1) is 17.9. The predicted octanol–water partition coefficient (Wildman–Crippen LogP) is 2.67. The number of nitrogens with zero attached hydrogens (tertiary/aromatic N) is 4. The van der Waals surface area contributed by atoms with Crippen molar-refractivity contribution >= 4 is 6.03 Å². The van der Waals surface area contributed by atoms with E-state index in [0.717, 1.165) is 11.1 Å². The third-order valence-corrected chi connectivity index (χ3v) is 4.03. The monoisotopic (exact) mass is 330 g/mol. The topological polar surface area (TPSA) is 84.7 Å². The van der Waals surface area contributed by atoms with E-state index in [-0.39, 0.29) is 23.5 Å². The van der Waals surface area contributed by atoms with Gasteiger partial charge in [0, 0.05) is 7.05 Å². The van der Waals surface area contributed by atoms with Gasteiger partial charge in [0.1, 0.15) is 0 Å². The maximum atomic E-state index is 12.5. The zero-order valence-corrected chi connectivity index (χ0v) is 15.2. The lowest BCUT2D eigenvalue weighted by atomic mass is 9.81. The first-order valence-electron chi connectivity index (χ1n) is 8.05. The number of amides is 2. The quantitative estimate of drug-likeness (QED) is 0.902. The number of nitrogens with one attached hydrogen (secondary N) is 2. The van der Waals surface area contributed by atoms with Crippen LogP contribution in [0.2, 0.25) is 0 Å². The molecular formula is C17H26N6O. The number of carbonyl (C=O) groups is 1. The Morgan fingerprint density at radius 2 is 1.88 bits per heavy atom. The molecule has 2 rings (SSSR count). The van der Waals surface area contributed by atoms with Gasteiger partial charge in [0.2, 0.25) is 0 Å². The molecule has 0 fully saturated rings. The van der Waals surface area contributed by atoms with Crippen LogP contribution in [0, 0.1) is 12.3 Å². The van der Waals surface area contributed by atoms with Gasteiger partial charge in [-0.1, -0.05) is 45.0 Å². The summed E-state index contributed by atoms with van der Waals surface area (Å²) >= 11 is 0. The van der Waals surface area contributed by atoms with Crippen molar-refractivity contribution in [3.8, 4) is 0 Å². The maximum Gasteiger partial charge on any atom is 0.315 e. The zero-order valence-electron chi connectivity index (χ0n) is 15.2. The van der Waals surface area contributed by atoms with E-state index in [1.54, 1.807) is 11.7 Å². The van der Waals surface area contributed by atoms with Gasteiger partial charge in [-0.3, -0.25) is 0 Å². The molecule has 2 atom stereocenters. The molecule has 130 valence electrons. The molecule has 7 heteroatoms. The Bertz CT molecular complexity index is 703. The number of aromatic nitrogens is 4. The second-order valence-electron chi connectivity index (χ2n) is 7.16. The highest BCUT2D eigenvalue weighted by atomic mass is 16.2. The molecule has 2 N–H and O–H groups in total. The minimum Gasteiger partial charge on any atom is -0.331 e. The van der Waals surface area contributed by atoms with Crippen molar-refractivity contribution in [2.75, 3.05) is 0 Å². The number of hydrogen-bond acceptors (Lipinski definition) is 4.